The van der Waals surface area contributed by atoms with Crippen molar-refractivity contribution in [3.63, 3.8) is 0 Å². The van der Waals surface area contributed by atoms with Crippen LogP contribution < -0.4 is 11.2 Å². The molecule has 2 aromatic carbocycles. The molecule has 0 spiro atoms. The van der Waals surface area contributed by atoms with Crippen LogP contribution in [0.25, 0.3) is 39.4 Å². The van der Waals surface area contributed by atoms with Crippen LogP contribution in [0, 0.1) is 6.92 Å². The van der Waals surface area contributed by atoms with Crippen LogP contribution in [0.3, 0.4) is 0 Å². The summed E-state index contributed by atoms with van der Waals surface area (Å²) in [5.41, 5.74) is 2.64. The summed E-state index contributed by atoms with van der Waals surface area (Å²) in [5, 5.41) is 4.88. The van der Waals surface area contributed by atoms with Gasteiger partial charge >= 0.3 is 5.69 Å². The maximum absolute atomic E-state index is 12.4. The molecule has 0 amide bonds. The van der Waals surface area contributed by atoms with Crippen molar-refractivity contribution in [1.82, 2.24) is 24.7 Å². The van der Waals surface area contributed by atoms with Gasteiger partial charge in [-0.25, -0.2) is 4.79 Å². The number of nitrogens with one attached hydrogen (secondary N) is 2. The first-order chi connectivity index (χ1) is 14.1. The highest BCUT2D eigenvalue weighted by Crippen LogP contribution is 2.23. The van der Waals surface area contributed by atoms with E-state index in [1.165, 1.54) is 0 Å². The minimum atomic E-state index is -0.304. The SMILES string of the molecule is Cc1c[nH]c(=O)n1-c1cccc(-c2noc(-c3cc4ccccc4[nH]c3=O)n2)c1. The first kappa shape index (κ1) is 16.9. The lowest BCUT2D eigenvalue weighted by atomic mass is 10.1. The minimum Gasteiger partial charge on any atom is -0.333 e. The Labute approximate surface area is 163 Å². The summed E-state index contributed by atoms with van der Waals surface area (Å²) in [6.45, 7) is 1.84. The standard InChI is InChI=1S/C21H15N5O3/c1-12-11-22-21(28)26(12)15-7-4-6-14(9-15)18-24-20(29-25-18)16-10-13-5-2-3-8-17(13)23-19(16)27/h2-11H,1H3,(H,22,28)(H,23,27). The van der Waals surface area contributed by atoms with E-state index in [9.17, 15) is 9.59 Å². The van der Waals surface area contributed by atoms with Gasteiger partial charge in [-0.05, 0) is 36.6 Å². The molecule has 0 atom stereocenters. The van der Waals surface area contributed by atoms with Crippen molar-refractivity contribution in [3.8, 4) is 28.5 Å². The van der Waals surface area contributed by atoms with Crippen molar-refractivity contribution in [3.05, 3.63) is 87.3 Å². The van der Waals surface area contributed by atoms with Crippen LogP contribution in [0.15, 0.2) is 74.9 Å². The van der Waals surface area contributed by atoms with Crippen molar-refractivity contribution in [2.24, 2.45) is 0 Å². The number of aromatic amines is 2. The van der Waals surface area contributed by atoms with Gasteiger partial charge in [0.25, 0.3) is 11.4 Å². The average Bonchev–Trinajstić information content (AvgIpc) is 3.34. The van der Waals surface area contributed by atoms with E-state index in [0.29, 0.717) is 22.6 Å². The Balaban J connectivity index is 1.58. The zero-order valence-electron chi connectivity index (χ0n) is 15.3. The Hall–Kier alpha value is -4.20. The molecule has 8 nitrogen and oxygen atoms in total. The molecule has 2 N–H and O–H groups in total. The monoisotopic (exact) mass is 385 g/mol. The number of hydrogen-bond donors (Lipinski definition) is 2. The summed E-state index contributed by atoms with van der Waals surface area (Å²) in [4.78, 5) is 34.4. The van der Waals surface area contributed by atoms with Crippen molar-refractivity contribution in [1.29, 1.82) is 0 Å². The quantitative estimate of drug-likeness (QED) is 0.496. The third-order valence-electron chi connectivity index (χ3n) is 4.73. The molecule has 3 heterocycles. The van der Waals surface area contributed by atoms with Crippen LogP contribution in [0.2, 0.25) is 0 Å². The topological polar surface area (TPSA) is 110 Å². The minimum absolute atomic E-state index is 0.132. The highest BCUT2D eigenvalue weighted by atomic mass is 16.5. The lowest BCUT2D eigenvalue weighted by Crippen LogP contribution is -2.15. The smallest absolute Gasteiger partial charge is 0.330 e. The number of para-hydroxylation sites is 1. The second kappa shape index (κ2) is 6.45. The van der Waals surface area contributed by atoms with Gasteiger partial charge in [-0.2, -0.15) is 4.98 Å². The Morgan fingerprint density at radius 1 is 1.03 bits per heavy atom. The molecule has 0 bridgehead atoms. The van der Waals surface area contributed by atoms with Gasteiger partial charge in [-0.1, -0.05) is 35.5 Å². The van der Waals surface area contributed by atoms with E-state index >= 15 is 0 Å². The molecular formula is C21H15N5O3. The number of hydrogen-bond acceptors (Lipinski definition) is 5. The lowest BCUT2D eigenvalue weighted by molar-refractivity contribution is 0.432. The summed E-state index contributed by atoms with van der Waals surface area (Å²) in [6.07, 6.45) is 1.65. The zero-order valence-corrected chi connectivity index (χ0v) is 15.3. The fourth-order valence-corrected chi connectivity index (χ4v) is 3.32. The first-order valence-corrected chi connectivity index (χ1v) is 8.94. The Morgan fingerprint density at radius 3 is 2.72 bits per heavy atom. The molecule has 0 aliphatic heterocycles. The summed E-state index contributed by atoms with van der Waals surface area (Å²) in [6, 6.07) is 16.4. The third kappa shape index (κ3) is 2.87. The van der Waals surface area contributed by atoms with Gasteiger partial charge in [0.1, 0.15) is 5.56 Å². The number of benzene rings is 2. The molecule has 0 aliphatic rings. The number of rotatable bonds is 3. The number of fused-ring (bicyclic) bond motifs is 1. The highest BCUT2D eigenvalue weighted by Gasteiger charge is 2.15. The number of nitrogens with zero attached hydrogens (tertiary/aromatic N) is 3. The average molecular weight is 385 g/mol. The molecule has 0 radical (unpaired) electrons. The number of aryl methyl sites for hydroxylation is 1. The van der Waals surface area contributed by atoms with Gasteiger partial charge in [0.05, 0.1) is 5.69 Å². The zero-order chi connectivity index (χ0) is 20.0. The van der Waals surface area contributed by atoms with Gasteiger partial charge in [-0.3, -0.25) is 9.36 Å². The van der Waals surface area contributed by atoms with Crippen molar-refractivity contribution >= 4 is 10.9 Å². The van der Waals surface area contributed by atoms with E-state index in [1.54, 1.807) is 22.9 Å². The van der Waals surface area contributed by atoms with E-state index in [1.807, 2.05) is 49.4 Å². The van der Waals surface area contributed by atoms with Gasteiger partial charge in [0.2, 0.25) is 5.82 Å². The molecule has 0 aliphatic carbocycles. The third-order valence-corrected chi connectivity index (χ3v) is 4.73. The van der Waals surface area contributed by atoms with E-state index < -0.39 is 0 Å². The molecule has 0 unspecified atom stereocenters. The number of aromatic nitrogens is 5. The van der Waals surface area contributed by atoms with Crippen molar-refractivity contribution in [2.75, 3.05) is 0 Å². The molecule has 5 aromatic rings. The Morgan fingerprint density at radius 2 is 1.90 bits per heavy atom. The van der Waals surface area contributed by atoms with Crippen LogP contribution in [0.5, 0.6) is 0 Å². The molecule has 3 aromatic heterocycles. The second-order valence-corrected chi connectivity index (χ2v) is 6.64. The van der Waals surface area contributed by atoms with Crippen LogP contribution in [-0.4, -0.2) is 24.7 Å². The van der Waals surface area contributed by atoms with Crippen LogP contribution in [-0.2, 0) is 0 Å². The van der Waals surface area contributed by atoms with Gasteiger partial charge in [0, 0.05) is 23.0 Å². The van der Waals surface area contributed by atoms with E-state index in [0.717, 1.165) is 16.6 Å². The molecule has 5 rings (SSSR count). The molecule has 29 heavy (non-hydrogen) atoms. The van der Waals surface area contributed by atoms with Crippen molar-refractivity contribution < 1.29 is 4.52 Å². The normalized spacial score (nSPS) is 11.2. The maximum atomic E-state index is 12.4. The first-order valence-electron chi connectivity index (χ1n) is 8.94. The summed E-state index contributed by atoms with van der Waals surface area (Å²) in [7, 11) is 0. The maximum Gasteiger partial charge on any atom is 0.330 e. The Bertz CT molecular complexity index is 1470. The molecular weight excluding hydrogens is 370 g/mol. The molecule has 0 fully saturated rings. The van der Waals surface area contributed by atoms with E-state index in [2.05, 4.69) is 20.1 Å². The fraction of sp³-hybridized carbons (Fsp3) is 0.0476. The van der Waals surface area contributed by atoms with Crippen LogP contribution >= 0.6 is 0 Å². The summed E-state index contributed by atoms with van der Waals surface area (Å²) in [5.74, 6) is 0.461. The number of imidazole rings is 1. The summed E-state index contributed by atoms with van der Waals surface area (Å²) < 4.78 is 6.91. The second-order valence-electron chi connectivity index (χ2n) is 6.64. The van der Waals surface area contributed by atoms with Gasteiger partial charge < -0.3 is 14.5 Å². The lowest BCUT2D eigenvalue weighted by Gasteiger charge is -2.05. The fourth-order valence-electron chi connectivity index (χ4n) is 3.32. The predicted octanol–water partition coefficient (Wildman–Crippen LogP) is 3.03. The summed E-state index contributed by atoms with van der Waals surface area (Å²) >= 11 is 0. The van der Waals surface area contributed by atoms with Gasteiger partial charge in [0.15, 0.2) is 0 Å². The largest absolute Gasteiger partial charge is 0.333 e. The highest BCUT2D eigenvalue weighted by molar-refractivity contribution is 5.82. The van der Waals surface area contributed by atoms with E-state index in [4.69, 9.17) is 4.52 Å². The number of pyridine rings is 1. The van der Waals surface area contributed by atoms with Gasteiger partial charge in [-0.15, -0.1) is 0 Å². The van der Waals surface area contributed by atoms with Crippen molar-refractivity contribution in [2.45, 2.75) is 6.92 Å². The Kier molecular flexibility index (Phi) is 3.77. The molecule has 0 saturated heterocycles. The molecule has 142 valence electrons. The van der Waals surface area contributed by atoms with E-state index in [-0.39, 0.29) is 17.1 Å². The van der Waals surface area contributed by atoms with Crippen LogP contribution in [0.4, 0.5) is 0 Å². The van der Waals surface area contributed by atoms with Crippen LogP contribution in [0.1, 0.15) is 5.69 Å². The number of H-pyrrole nitrogens is 2. The molecule has 0 saturated carbocycles. The predicted molar refractivity (Wildman–Crippen MR) is 108 cm³/mol. The molecule has 8 heteroatoms.